The number of hydrogen-bond acceptors (Lipinski definition) is 3. The van der Waals surface area contributed by atoms with Gasteiger partial charge in [0.15, 0.2) is 8.07 Å². The van der Waals surface area contributed by atoms with E-state index in [1.807, 2.05) is 30.5 Å². The molecule has 63 heavy (non-hydrogen) atoms. The Morgan fingerprint density at radius 3 is 1.71 bits per heavy atom. The maximum atomic E-state index is 11.4. The third-order valence-electron chi connectivity index (χ3n) is 12.3. The number of aromatic nitrogens is 3. The van der Waals surface area contributed by atoms with Crippen LogP contribution in [0.25, 0.3) is 61.3 Å². The first-order valence-corrected chi connectivity index (χ1v) is 23.2. The second-order valence-corrected chi connectivity index (χ2v) is 20.9. The molecule has 2 aromatic heterocycles. The van der Waals surface area contributed by atoms with Crippen molar-refractivity contribution in [3.05, 3.63) is 218 Å². The minimum absolute atomic E-state index is 0. The summed E-state index contributed by atoms with van der Waals surface area (Å²) in [6.45, 7) is 8.75. The van der Waals surface area contributed by atoms with Crippen molar-refractivity contribution >= 4 is 50.8 Å². The number of hydrogen-bond donors (Lipinski definition) is 1. The van der Waals surface area contributed by atoms with Crippen LogP contribution in [0.2, 0.25) is 0 Å². The molecule has 0 amide bonds. The minimum Gasteiger partial charge on any atom is -0.507 e. The van der Waals surface area contributed by atoms with Crippen LogP contribution in [0.5, 0.6) is 5.75 Å². The van der Waals surface area contributed by atoms with Crippen LogP contribution in [0.4, 0.5) is 0 Å². The van der Waals surface area contributed by atoms with E-state index in [1.54, 1.807) is 6.07 Å². The summed E-state index contributed by atoms with van der Waals surface area (Å²) in [5.41, 5.74) is 10.4. The summed E-state index contributed by atoms with van der Waals surface area (Å²) in [7, 11) is -2.88. The van der Waals surface area contributed by atoms with E-state index < -0.39 is 8.07 Å². The Kier molecular flexibility index (Phi) is 11.2. The van der Waals surface area contributed by atoms with Crippen molar-refractivity contribution in [2.75, 3.05) is 0 Å². The van der Waals surface area contributed by atoms with Gasteiger partial charge < -0.3 is 5.11 Å². The van der Waals surface area contributed by atoms with Crippen LogP contribution in [-0.4, -0.2) is 27.7 Å². The SMILES string of the molecule is Cc1ccnc2c(-c3[c-]c(-c4cccc5c4nc(-c4cc(C(C)(C)C)ccc4O)n5-c4ccccc4)ccc3)cc([Si](c3ccccc3)(c3ccccc3)c3ccccc3)cc12.[Pt]. The van der Waals surface area contributed by atoms with E-state index in [-0.39, 0.29) is 32.2 Å². The minimum atomic E-state index is -2.88. The molecule has 0 aliphatic carbocycles. The summed E-state index contributed by atoms with van der Waals surface area (Å²) in [5.74, 6) is 0.872. The maximum absolute atomic E-state index is 11.4. The molecule has 2 heterocycles. The first kappa shape index (κ1) is 41.7. The average molecular weight is 1010 g/mol. The van der Waals surface area contributed by atoms with Gasteiger partial charge in [0.05, 0.1) is 16.6 Å². The standard InChI is InChI=1S/C57H46N3OSi.Pt/c1-39-33-34-58-54-49(39)37-47(62(44-23-11-6-12-24-44,45-25-13-7-14-26-45)46-27-15-8-16-28-46)38-50(54)41-20-17-19-40(35-41)48-29-18-30-52-55(48)59-56(60(52)43-21-9-5-10-22-43)51-36-42(57(2,3)4)31-32-53(51)61;/h5-34,36-38,61H,1-4H3;/q-1;. The van der Waals surface area contributed by atoms with Gasteiger partial charge in [-0.25, -0.2) is 4.98 Å². The molecule has 0 spiro atoms. The molecule has 0 saturated carbocycles. The number of para-hydroxylation sites is 2. The van der Waals surface area contributed by atoms with Crippen molar-refractivity contribution in [2.24, 2.45) is 0 Å². The van der Waals surface area contributed by atoms with Crippen LogP contribution >= 0.6 is 0 Å². The largest absolute Gasteiger partial charge is 0.507 e. The van der Waals surface area contributed by atoms with Gasteiger partial charge in [0.25, 0.3) is 0 Å². The van der Waals surface area contributed by atoms with Gasteiger partial charge in [0.2, 0.25) is 0 Å². The third-order valence-corrected chi connectivity index (χ3v) is 17.0. The quantitative estimate of drug-likeness (QED) is 0.0937. The average Bonchev–Trinajstić information content (AvgIpc) is 3.70. The summed E-state index contributed by atoms with van der Waals surface area (Å²) >= 11 is 0. The van der Waals surface area contributed by atoms with E-state index in [4.69, 9.17) is 9.97 Å². The Balaban J connectivity index is 0.00000504. The van der Waals surface area contributed by atoms with Crippen molar-refractivity contribution in [3.63, 3.8) is 0 Å². The number of benzene rings is 8. The van der Waals surface area contributed by atoms with Gasteiger partial charge in [-0.15, -0.1) is 35.4 Å². The zero-order chi connectivity index (χ0) is 42.4. The molecule has 0 bridgehead atoms. The summed E-state index contributed by atoms with van der Waals surface area (Å²) < 4.78 is 2.16. The van der Waals surface area contributed by atoms with Crippen molar-refractivity contribution < 1.29 is 26.2 Å². The molecular weight excluding hydrogens is 966 g/mol. The number of phenols is 1. The Morgan fingerprint density at radius 1 is 0.540 bits per heavy atom. The molecule has 0 unspecified atom stereocenters. The molecule has 0 atom stereocenters. The van der Waals surface area contributed by atoms with Crippen LogP contribution < -0.4 is 20.7 Å². The molecule has 0 aliphatic rings. The van der Waals surface area contributed by atoms with Crippen LogP contribution in [0.15, 0.2) is 200 Å². The zero-order valence-electron chi connectivity index (χ0n) is 35.7. The molecule has 8 aromatic carbocycles. The molecule has 10 rings (SSSR count). The Morgan fingerprint density at radius 2 is 1.11 bits per heavy atom. The number of phenolic OH excluding ortho intramolecular Hbond substituents is 1. The molecule has 6 heteroatoms. The number of nitrogens with zero attached hydrogens (tertiary/aromatic N) is 3. The Hall–Kier alpha value is -6.65. The first-order valence-electron chi connectivity index (χ1n) is 21.2. The van der Waals surface area contributed by atoms with Crippen LogP contribution in [0.1, 0.15) is 31.9 Å². The van der Waals surface area contributed by atoms with E-state index in [1.165, 1.54) is 26.3 Å². The predicted molar refractivity (Wildman–Crippen MR) is 260 cm³/mol. The molecule has 10 aromatic rings. The summed E-state index contributed by atoms with van der Waals surface area (Å²) in [4.78, 5) is 10.5. The van der Waals surface area contributed by atoms with Gasteiger partial charge >= 0.3 is 0 Å². The number of aryl methyl sites for hydroxylation is 1. The van der Waals surface area contributed by atoms with Gasteiger partial charge in [0, 0.05) is 38.5 Å². The van der Waals surface area contributed by atoms with Crippen molar-refractivity contribution in [3.8, 4) is 45.1 Å². The topological polar surface area (TPSA) is 50.9 Å². The van der Waals surface area contributed by atoms with Gasteiger partial charge in [-0.3, -0.25) is 9.55 Å². The van der Waals surface area contributed by atoms with Gasteiger partial charge in [-0.1, -0.05) is 177 Å². The Labute approximate surface area is 384 Å². The zero-order valence-corrected chi connectivity index (χ0v) is 38.9. The third kappa shape index (κ3) is 7.35. The monoisotopic (exact) mass is 1010 g/mol. The van der Waals surface area contributed by atoms with Gasteiger partial charge in [-0.05, 0) is 80.8 Å². The molecule has 1 N–H and O–H groups in total. The van der Waals surface area contributed by atoms with Crippen LogP contribution in [0, 0.1) is 13.0 Å². The molecular formula is C57H46N3OPtSi-. The van der Waals surface area contributed by atoms with E-state index in [0.29, 0.717) is 11.4 Å². The van der Waals surface area contributed by atoms with Crippen molar-refractivity contribution in [1.29, 1.82) is 0 Å². The number of aromatic hydroxyl groups is 1. The number of fused-ring (bicyclic) bond motifs is 2. The van der Waals surface area contributed by atoms with Crippen LogP contribution in [0.3, 0.4) is 0 Å². The Bertz CT molecular complexity index is 3140. The van der Waals surface area contributed by atoms with Gasteiger partial charge in [0.1, 0.15) is 11.6 Å². The number of pyridine rings is 1. The smallest absolute Gasteiger partial charge is 0.179 e. The summed E-state index contributed by atoms with van der Waals surface area (Å²) in [6, 6.07) is 72.9. The molecule has 4 nitrogen and oxygen atoms in total. The normalized spacial score (nSPS) is 11.7. The fourth-order valence-electron chi connectivity index (χ4n) is 9.17. The fraction of sp³-hybridized carbons (Fsp3) is 0.0877. The second-order valence-electron chi connectivity index (χ2n) is 17.1. The van der Waals surface area contributed by atoms with E-state index in [9.17, 15) is 5.11 Å². The van der Waals surface area contributed by atoms with Crippen molar-refractivity contribution in [2.45, 2.75) is 33.1 Å². The van der Waals surface area contributed by atoms with Crippen LogP contribution in [-0.2, 0) is 26.5 Å². The predicted octanol–water partition coefficient (Wildman–Crippen LogP) is 11.1. The molecule has 0 radical (unpaired) electrons. The molecule has 310 valence electrons. The maximum Gasteiger partial charge on any atom is 0.179 e. The van der Waals surface area contributed by atoms with Gasteiger partial charge in [-0.2, -0.15) is 0 Å². The number of rotatable bonds is 8. The molecule has 0 fully saturated rings. The molecule has 0 aliphatic heterocycles. The number of imidazole rings is 1. The first-order chi connectivity index (χ1) is 30.2. The summed E-state index contributed by atoms with van der Waals surface area (Å²) in [6.07, 6.45) is 1.92. The van der Waals surface area contributed by atoms with E-state index in [0.717, 1.165) is 55.4 Å². The second kappa shape index (κ2) is 16.9. The van der Waals surface area contributed by atoms with E-state index in [2.05, 4.69) is 202 Å². The summed E-state index contributed by atoms with van der Waals surface area (Å²) in [5, 5.41) is 17.8. The fourth-order valence-corrected chi connectivity index (χ4v) is 14.0. The molecule has 0 saturated heterocycles. The van der Waals surface area contributed by atoms with E-state index >= 15 is 0 Å². The van der Waals surface area contributed by atoms with Crippen molar-refractivity contribution in [1.82, 2.24) is 14.5 Å².